The van der Waals surface area contributed by atoms with Crippen molar-refractivity contribution in [3.8, 4) is 0 Å². The lowest BCUT2D eigenvalue weighted by molar-refractivity contribution is -0.135. The first-order chi connectivity index (χ1) is 23.6. The molecule has 0 atom stereocenters. The van der Waals surface area contributed by atoms with Crippen LogP contribution in [-0.4, -0.2) is 44.3 Å². The van der Waals surface area contributed by atoms with E-state index in [1.807, 2.05) is 0 Å². The molecule has 0 rings (SSSR count). The van der Waals surface area contributed by atoms with Gasteiger partial charge in [0.05, 0.1) is 0 Å². The molecule has 0 aliphatic rings. The molecule has 0 aliphatic heterocycles. The van der Waals surface area contributed by atoms with E-state index in [0.29, 0.717) is 12.8 Å². The van der Waals surface area contributed by atoms with E-state index in [9.17, 15) is 19.2 Å². The fourth-order valence-corrected chi connectivity index (χ4v) is 5.42. The Balaban J connectivity index is -0.000000648. The molecule has 49 heavy (non-hydrogen) atoms. The second-order valence-corrected chi connectivity index (χ2v) is 13.3. The van der Waals surface area contributed by atoms with Gasteiger partial charge >= 0.3 is 23.9 Å². The third-order valence-corrected chi connectivity index (χ3v) is 8.45. The third kappa shape index (κ3) is 45.4. The number of carboxylic acid groups (broad SMARTS) is 4. The number of unbranched alkanes of at least 4 members (excludes halogenated alkanes) is 24. The Morgan fingerprint density at radius 1 is 0.327 bits per heavy atom. The molecule has 0 aromatic heterocycles. The van der Waals surface area contributed by atoms with Crippen LogP contribution < -0.4 is 0 Å². The molecule has 0 aliphatic carbocycles. The molecule has 8 nitrogen and oxygen atoms in total. The molecule has 4 N–H and O–H groups in total. The van der Waals surface area contributed by atoms with Gasteiger partial charge in [-0.1, -0.05) is 188 Å². The van der Waals surface area contributed by atoms with Crippen molar-refractivity contribution in [1.82, 2.24) is 0 Å². The Bertz CT molecular complexity index is 778. The van der Waals surface area contributed by atoms with Crippen molar-refractivity contribution < 1.29 is 39.6 Å². The summed E-state index contributed by atoms with van der Waals surface area (Å²) in [4.78, 5) is 42.0. The van der Waals surface area contributed by atoms with Gasteiger partial charge in [0, 0.05) is 23.3 Å². The van der Waals surface area contributed by atoms with Gasteiger partial charge in [-0.15, -0.1) is 0 Å². The average molecular weight is 697 g/mol. The fourth-order valence-electron chi connectivity index (χ4n) is 5.42. The first-order valence-electron chi connectivity index (χ1n) is 19.9. The minimum Gasteiger partial charge on any atom is -0.478 e. The Morgan fingerprint density at radius 3 is 0.673 bits per heavy atom. The van der Waals surface area contributed by atoms with Crippen LogP contribution >= 0.6 is 0 Å². The largest absolute Gasteiger partial charge is 0.478 e. The van der Waals surface area contributed by atoms with Crippen LogP contribution in [0.5, 0.6) is 0 Å². The van der Waals surface area contributed by atoms with E-state index >= 15 is 0 Å². The van der Waals surface area contributed by atoms with E-state index in [1.54, 1.807) is 0 Å². The van der Waals surface area contributed by atoms with Crippen molar-refractivity contribution >= 4 is 23.9 Å². The van der Waals surface area contributed by atoms with Crippen LogP contribution in [0.3, 0.4) is 0 Å². The molecule has 0 saturated heterocycles. The molecule has 0 aromatic carbocycles. The van der Waals surface area contributed by atoms with Crippen molar-refractivity contribution in [2.24, 2.45) is 0 Å². The summed E-state index contributed by atoms with van der Waals surface area (Å²) >= 11 is 0. The second-order valence-electron chi connectivity index (χ2n) is 13.3. The monoisotopic (exact) mass is 697 g/mol. The molecule has 0 unspecified atom stereocenters. The van der Waals surface area contributed by atoms with Crippen molar-refractivity contribution in [2.75, 3.05) is 0 Å². The minimum atomic E-state index is -1.19. The smallest absolute Gasteiger partial charge is 0.331 e. The molecule has 8 heteroatoms. The maximum Gasteiger partial charge on any atom is 0.331 e. The van der Waals surface area contributed by atoms with Gasteiger partial charge in [-0.2, -0.15) is 0 Å². The maximum atomic E-state index is 10.7. The average Bonchev–Trinajstić information content (AvgIpc) is 3.05. The van der Waals surface area contributed by atoms with E-state index in [0.717, 1.165) is 50.7 Å². The first-order valence-corrected chi connectivity index (χ1v) is 19.9. The van der Waals surface area contributed by atoms with Gasteiger partial charge in [-0.25, -0.2) is 19.2 Å². The molecule has 0 fully saturated rings. The van der Waals surface area contributed by atoms with E-state index in [-0.39, 0.29) is 11.1 Å². The molecule has 0 spiro atoms. The van der Waals surface area contributed by atoms with Gasteiger partial charge in [-0.05, 0) is 25.7 Å². The lowest BCUT2D eigenvalue weighted by atomic mass is 10.0. The molecule has 0 radical (unpaired) electrons. The van der Waals surface area contributed by atoms with Crippen molar-refractivity contribution in [1.29, 1.82) is 0 Å². The summed E-state index contributed by atoms with van der Waals surface area (Å²) in [6, 6.07) is 0. The van der Waals surface area contributed by atoms with E-state index in [1.165, 1.54) is 135 Å². The predicted octanol–water partition coefficient (Wildman–Crippen LogP) is 12.5. The summed E-state index contributed by atoms with van der Waals surface area (Å²) in [6.07, 6.45) is 36.9. The van der Waals surface area contributed by atoms with Crippen LogP contribution in [0, 0.1) is 0 Å². The van der Waals surface area contributed by atoms with E-state index in [4.69, 9.17) is 20.4 Å². The van der Waals surface area contributed by atoms with Crippen LogP contribution in [0.2, 0.25) is 0 Å². The zero-order chi connectivity index (χ0) is 37.4. The zero-order valence-corrected chi connectivity index (χ0v) is 32.1. The fraction of sp³-hybridized carbons (Fsp3) is 0.805. The molecule has 0 heterocycles. The summed E-state index contributed by atoms with van der Waals surface area (Å²) in [5, 5.41) is 34.4. The number of carbonyl (C=O) groups is 4. The van der Waals surface area contributed by atoms with Gasteiger partial charge in [0.2, 0.25) is 0 Å². The topological polar surface area (TPSA) is 149 Å². The third-order valence-electron chi connectivity index (χ3n) is 8.45. The number of aliphatic carboxylic acids is 4. The second kappa shape index (κ2) is 41.5. The van der Waals surface area contributed by atoms with Crippen molar-refractivity contribution in [3.63, 3.8) is 0 Å². The predicted molar refractivity (Wildman–Crippen MR) is 203 cm³/mol. The first kappa shape index (κ1) is 50.7. The molecule has 0 aromatic rings. The standard InChI is InChI=1S/C17H36.2C12H20O4/c1-3-5-7-9-11-13-15-17-16-14-12-10-8-6-4-2;2*1-2-3-4-5-6-7-8-10(12(15)16)9-11(13)14/h3-17H2,1-2H3;2*9H,2-8H2,1H3,(H,13,14)(H,15,16)/b;2*10-9-. The highest BCUT2D eigenvalue weighted by atomic mass is 16.4. The highest BCUT2D eigenvalue weighted by Gasteiger charge is 2.09. The van der Waals surface area contributed by atoms with Gasteiger partial charge in [0.1, 0.15) is 0 Å². The van der Waals surface area contributed by atoms with Crippen molar-refractivity contribution in [2.45, 2.75) is 214 Å². The minimum absolute atomic E-state index is 0.0111. The number of hydrogen-bond donors (Lipinski definition) is 4. The molecule has 288 valence electrons. The molecule has 0 bridgehead atoms. The van der Waals surface area contributed by atoms with E-state index < -0.39 is 23.9 Å². The normalized spacial score (nSPS) is 11.3. The Hall–Kier alpha value is -2.64. The van der Waals surface area contributed by atoms with Crippen LogP contribution in [0.4, 0.5) is 0 Å². The molecular formula is C41H76O8. The number of hydrogen-bond acceptors (Lipinski definition) is 4. The van der Waals surface area contributed by atoms with E-state index in [2.05, 4.69) is 27.7 Å². The van der Waals surface area contributed by atoms with Crippen LogP contribution in [0.15, 0.2) is 23.3 Å². The molecular weight excluding hydrogens is 620 g/mol. The molecule has 0 amide bonds. The highest BCUT2D eigenvalue weighted by Crippen LogP contribution is 2.15. The lowest BCUT2D eigenvalue weighted by Gasteiger charge is -2.02. The quantitative estimate of drug-likeness (QED) is 0.0401. The van der Waals surface area contributed by atoms with Gasteiger partial charge < -0.3 is 20.4 Å². The number of carboxylic acids is 4. The summed E-state index contributed by atoms with van der Waals surface area (Å²) in [7, 11) is 0. The molecule has 0 saturated carbocycles. The van der Waals surface area contributed by atoms with Gasteiger partial charge in [-0.3, -0.25) is 0 Å². The van der Waals surface area contributed by atoms with Gasteiger partial charge in [0.15, 0.2) is 0 Å². The summed E-state index contributed by atoms with van der Waals surface area (Å²) < 4.78 is 0. The van der Waals surface area contributed by atoms with Crippen molar-refractivity contribution in [3.05, 3.63) is 23.3 Å². The maximum absolute atomic E-state index is 10.7. The van der Waals surface area contributed by atoms with Gasteiger partial charge in [0.25, 0.3) is 0 Å². The Morgan fingerprint density at radius 2 is 0.510 bits per heavy atom. The number of rotatable bonds is 32. The van der Waals surface area contributed by atoms with Crippen LogP contribution in [0.1, 0.15) is 214 Å². The summed E-state index contributed by atoms with van der Waals surface area (Å²) in [5.41, 5.74) is -0.0222. The SMILES string of the molecule is CCCCCCCC/C(=C/C(=O)O)C(=O)O.CCCCCCCC/C(=C/C(=O)O)C(=O)O.CCCCCCCCCCCCCCCCC. The Labute approximate surface area is 300 Å². The summed E-state index contributed by atoms with van der Waals surface area (Å²) in [6.45, 7) is 8.86. The Kier molecular flexibility index (Phi) is 43.0. The zero-order valence-electron chi connectivity index (χ0n) is 32.1. The van der Waals surface area contributed by atoms with Crippen LogP contribution in [0.25, 0.3) is 0 Å². The summed E-state index contributed by atoms with van der Waals surface area (Å²) in [5.74, 6) is -4.64. The lowest BCUT2D eigenvalue weighted by Crippen LogP contribution is -2.04. The highest BCUT2D eigenvalue weighted by molar-refractivity contribution is 5.95. The van der Waals surface area contributed by atoms with Crippen LogP contribution in [-0.2, 0) is 19.2 Å².